The normalized spacial score (nSPS) is 10.2. The molecule has 2 N–H and O–H groups in total. The van der Waals surface area contributed by atoms with Crippen molar-refractivity contribution in [3.63, 3.8) is 0 Å². The second-order valence-electron chi connectivity index (χ2n) is 1.79. The highest BCUT2D eigenvalue weighted by Gasteiger charge is 2.04. The Balaban J connectivity index is 3.01. The lowest BCUT2D eigenvalue weighted by Crippen LogP contribution is -2.01. The molecule has 10 heavy (non-hydrogen) atoms. The van der Waals surface area contributed by atoms with Gasteiger partial charge in [0.1, 0.15) is 0 Å². The molecule has 56 valence electrons. The van der Waals surface area contributed by atoms with Crippen molar-refractivity contribution < 1.29 is 0 Å². The van der Waals surface area contributed by atoms with Gasteiger partial charge in [-0.05, 0) is 13.2 Å². The van der Waals surface area contributed by atoms with E-state index in [4.69, 9.17) is 5.73 Å². The Kier molecular flexibility index (Phi) is 2.16. The first-order valence-corrected chi connectivity index (χ1v) is 4.24. The lowest BCUT2D eigenvalue weighted by Gasteiger charge is -1.99. The number of hydrogen-bond donors (Lipinski definition) is 1. The average Bonchev–Trinajstić information content (AvgIpc) is 2.30. The molecule has 0 aliphatic carbocycles. The standard InChI is InChI=1S/C5H10N4S/c1-3-9-4(6)7-8-5(9)10-2/h3H2,1-2H3,(H2,6,7). The van der Waals surface area contributed by atoms with Crippen LogP contribution in [-0.4, -0.2) is 21.0 Å². The van der Waals surface area contributed by atoms with Crippen LogP contribution in [0.1, 0.15) is 6.92 Å². The van der Waals surface area contributed by atoms with E-state index in [2.05, 4.69) is 10.2 Å². The lowest BCUT2D eigenvalue weighted by atomic mass is 10.7. The number of nitrogens with zero attached hydrogens (tertiary/aromatic N) is 3. The maximum atomic E-state index is 5.50. The SMILES string of the molecule is CCn1c(N)nnc1SC. The molecule has 0 amide bonds. The van der Waals surface area contributed by atoms with Crippen molar-refractivity contribution in [3.8, 4) is 0 Å². The molecule has 0 aliphatic heterocycles. The molecule has 0 spiro atoms. The minimum atomic E-state index is 0.492. The molecule has 1 rings (SSSR count). The van der Waals surface area contributed by atoms with E-state index in [9.17, 15) is 0 Å². The van der Waals surface area contributed by atoms with Crippen LogP contribution in [0, 0.1) is 0 Å². The second-order valence-corrected chi connectivity index (χ2v) is 2.56. The van der Waals surface area contributed by atoms with Crippen molar-refractivity contribution >= 4 is 17.7 Å². The third-order valence-electron chi connectivity index (χ3n) is 1.24. The Bertz CT molecular complexity index is 219. The summed E-state index contributed by atoms with van der Waals surface area (Å²) in [5.74, 6) is 0.492. The molecule has 0 atom stereocenters. The molecule has 0 bridgehead atoms. The van der Waals surface area contributed by atoms with E-state index in [1.54, 1.807) is 11.8 Å². The van der Waals surface area contributed by atoms with E-state index in [1.807, 2.05) is 17.7 Å². The Morgan fingerprint density at radius 3 is 2.70 bits per heavy atom. The van der Waals surface area contributed by atoms with Crippen molar-refractivity contribution in [2.75, 3.05) is 12.0 Å². The van der Waals surface area contributed by atoms with Gasteiger partial charge in [-0.2, -0.15) is 0 Å². The number of anilines is 1. The van der Waals surface area contributed by atoms with Crippen LogP contribution in [0.5, 0.6) is 0 Å². The molecule has 1 heterocycles. The zero-order valence-corrected chi connectivity index (χ0v) is 6.85. The fraction of sp³-hybridized carbons (Fsp3) is 0.600. The summed E-state index contributed by atoms with van der Waals surface area (Å²) < 4.78 is 1.87. The summed E-state index contributed by atoms with van der Waals surface area (Å²) in [6.07, 6.45) is 1.95. The van der Waals surface area contributed by atoms with Gasteiger partial charge in [0.25, 0.3) is 0 Å². The maximum Gasteiger partial charge on any atom is 0.222 e. The summed E-state index contributed by atoms with van der Waals surface area (Å²) in [6, 6.07) is 0. The molecule has 4 nitrogen and oxygen atoms in total. The van der Waals surface area contributed by atoms with Crippen molar-refractivity contribution in [1.29, 1.82) is 0 Å². The van der Waals surface area contributed by atoms with Crippen molar-refractivity contribution in [2.45, 2.75) is 18.6 Å². The average molecular weight is 158 g/mol. The minimum absolute atomic E-state index is 0.492. The van der Waals surface area contributed by atoms with Gasteiger partial charge in [0, 0.05) is 6.54 Å². The first kappa shape index (κ1) is 7.40. The van der Waals surface area contributed by atoms with Crippen molar-refractivity contribution in [1.82, 2.24) is 14.8 Å². The van der Waals surface area contributed by atoms with Gasteiger partial charge in [-0.3, -0.25) is 4.57 Å². The number of rotatable bonds is 2. The van der Waals surface area contributed by atoms with Gasteiger partial charge in [0.2, 0.25) is 5.95 Å². The Morgan fingerprint density at radius 2 is 2.30 bits per heavy atom. The molecule has 5 heteroatoms. The van der Waals surface area contributed by atoms with Crippen LogP contribution in [-0.2, 0) is 6.54 Å². The van der Waals surface area contributed by atoms with Crippen molar-refractivity contribution in [2.24, 2.45) is 0 Å². The maximum absolute atomic E-state index is 5.50. The van der Waals surface area contributed by atoms with Crippen LogP contribution in [0.3, 0.4) is 0 Å². The molecule has 0 fully saturated rings. The van der Waals surface area contributed by atoms with Gasteiger partial charge in [0.05, 0.1) is 0 Å². The number of thioether (sulfide) groups is 1. The number of nitrogens with two attached hydrogens (primary N) is 1. The summed E-state index contributed by atoms with van der Waals surface area (Å²) in [5.41, 5.74) is 5.50. The third kappa shape index (κ3) is 1.09. The molecule has 1 aromatic heterocycles. The molecule has 0 unspecified atom stereocenters. The summed E-state index contributed by atoms with van der Waals surface area (Å²) in [7, 11) is 0. The fourth-order valence-electron chi connectivity index (χ4n) is 0.748. The van der Waals surface area contributed by atoms with Gasteiger partial charge >= 0.3 is 0 Å². The number of hydrogen-bond acceptors (Lipinski definition) is 4. The predicted molar refractivity (Wildman–Crippen MR) is 41.9 cm³/mol. The molecule has 0 aliphatic rings. The Morgan fingerprint density at radius 1 is 1.60 bits per heavy atom. The van der Waals surface area contributed by atoms with E-state index in [-0.39, 0.29) is 0 Å². The largest absolute Gasteiger partial charge is 0.368 e. The van der Waals surface area contributed by atoms with Crippen LogP contribution in [0.4, 0.5) is 5.95 Å². The first-order chi connectivity index (χ1) is 4.79. The van der Waals surface area contributed by atoms with Gasteiger partial charge in [0.15, 0.2) is 5.16 Å². The van der Waals surface area contributed by atoms with Crippen LogP contribution in [0.15, 0.2) is 5.16 Å². The van der Waals surface area contributed by atoms with Crippen molar-refractivity contribution in [3.05, 3.63) is 0 Å². The van der Waals surface area contributed by atoms with Gasteiger partial charge in [-0.1, -0.05) is 11.8 Å². The smallest absolute Gasteiger partial charge is 0.222 e. The van der Waals surface area contributed by atoms with Crippen LogP contribution in [0.25, 0.3) is 0 Å². The van der Waals surface area contributed by atoms with E-state index >= 15 is 0 Å². The van der Waals surface area contributed by atoms with E-state index in [0.29, 0.717) is 5.95 Å². The van der Waals surface area contributed by atoms with Gasteiger partial charge in [-0.15, -0.1) is 10.2 Å². The summed E-state index contributed by atoms with van der Waals surface area (Å²) in [5, 5.41) is 8.46. The van der Waals surface area contributed by atoms with E-state index in [1.165, 1.54) is 0 Å². The number of aromatic nitrogens is 3. The molecular formula is C5H10N4S. The fourth-order valence-corrected chi connectivity index (χ4v) is 1.31. The highest BCUT2D eigenvalue weighted by molar-refractivity contribution is 7.98. The molecule has 0 radical (unpaired) electrons. The molecule has 0 saturated heterocycles. The number of nitrogen functional groups attached to an aromatic ring is 1. The zero-order chi connectivity index (χ0) is 7.56. The molecular weight excluding hydrogens is 148 g/mol. The van der Waals surface area contributed by atoms with Gasteiger partial charge in [-0.25, -0.2) is 0 Å². The van der Waals surface area contributed by atoms with Crippen LogP contribution < -0.4 is 5.73 Å². The molecule has 0 aromatic carbocycles. The quantitative estimate of drug-likeness (QED) is 0.640. The van der Waals surface area contributed by atoms with Crippen LogP contribution in [0.2, 0.25) is 0 Å². The second kappa shape index (κ2) is 2.92. The zero-order valence-electron chi connectivity index (χ0n) is 6.03. The topological polar surface area (TPSA) is 56.7 Å². The minimum Gasteiger partial charge on any atom is -0.368 e. The summed E-state index contributed by atoms with van der Waals surface area (Å²) in [4.78, 5) is 0. The third-order valence-corrected chi connectivity index (χ3v) is 1.91. The Hall–Kier alpha value is -0.710. The van der Waals surface area contributed by atoms with Gasteiger partial charge < -0.3 is 5.73 Å². The summed E-state index contributed by atoms with van der Waals surface area (Å²) in [6.45, 7) is 2.84. The van der Waals surface area contributed by atoms with Crippen LogP contribution >= 0.6 is 11.8 Å². The lowest BCUT2D eigenvalue weighted by molar-refractivity contribution is 0.690. The first-order valence-electron chi connectivity index (χ1n) is 3.02. The monoisotopic (exact) mass is 158 g/mol. The Labute approximate surface area is 63.8 Å². The molecule has 0 saturated carbocycles. The highest BCUT2D eigenvalue weighted by atomic mass is 32.2. The van der Waals surface area contributed by atoms with E-state index in [0.717, 1.165) is 11.7 Å². The molecule has 1 aromatic rings. The highest BCUT2D eigenvalue weighted by Crippen LogP contribution is 2.13. The predicted octanol–water partition coefficient (Wildman–Crippen LogP) is 0.602. The van der Waals surface area contributed by atoms with E-state index < -0.39 is 0 Å². The summed E-state index contributed by atoms with van der Waals surface area (Å²) >= 11 is 1.55.